The second kappa shape index (κ2) is 16.8. The maximum atomic E-state index is 11.5. The normalized spacial score (nSPS) is 19.3. The average molecular weight is 834 g/mol. The molecule has 0 aliphatic carbocycles. The lowest BCUT2D eigenvalue weighted by Gasteiger charge is -2.32. The van der Waals surface area contributed by atoms with E-state index < -0.39 is 0 Å². The van der Waals surface area contributed by atoms with Crippen LogP contribution in [-0.2, 0) is 23.7 Å². The van der Waals surface area contributed by atoms with Crippen LogP contribution in [0.4, 0.5) is 0 Å². The summed E-state index contributed by atoms with van der Waals surface area (Å²) in [5.74, 6) is 0.129. The molecule has 11 nitrogen and oxygen atoms in total. The molecule has 0 spiro atoms. The third-order valence-corrected chi connectivity index (χ3v) is 10.5. The van der Waals surface area contributed by atoms with E-state index in [1.165, 1.54) is 10.0 Å². The Kier molecular flexibility index (Phi) is 12.7. The molecule has 0 radical (unpaired) electrons. The number of carbonyl (C=O) groups excluding carboxylic acids is 3. The van der Waals surface area contributed by atoms with E-state index >= 15 is 0 Å². The van der Waals surface area contributed by atoms with Crippen molar-refractivity contribution in [1.82, 2.24) is 15.4 Å². The molecule has 3 aromatic carbocycles. The third-order valence-electron chi connectivity index (χ3n) is 9.44. The Morgan fingerprint density at radius 3 is 1.37 bits per heavy atom. The highest BCUT2D eigenvalue weighted by atomic mass is 79.9. The lowest BCUT2D eigenvalue weighted by molar-refractivity contribution is -0.131. The molecule has 4 aliphatic rings. The summed E-state index contributed by atoms with van der Waals surface area (Å²) in [4.78, 5) is 33.6. The fourth-order valence-corrected chi connectivity index (χ4v) is 6.06. The summed E-state index contributed by atoms with van der Waals surface area (Å²) >= 11 is 6.76. The van der Waals surface area contributed by atoms with Gasteiger partial charge >= 0.3 is 7.12 Å². The molecule has 3 amide bonds. The predicted octanol–water partition coefficient (Wildman–Crippen LogP) is 6.41. The van der Waals surface area contributed by atoms with E-state index in [0.717, 1.165) is 54.7 Å². The topological polar surface area (TPSA) is 125 Å². The first-order valence-corrected chi connectivity index (χ1v) is 18.7. The van der Waals surface area contributed by atoms with Crippen LogP contribution in [0.25, 0.3) is 0 Å². The standard InChI is InChI=1S/C17H23BN2O3.C11H11BrN2O.C10H9BrN2O/c1-16(2)17(3,4)23-18(22-16)13-8-6-12(7-9-13)14-10-11-15(21)20(5)19-14;1-14-11(15)7-6-10(13-14)8-2-4-9(12)5-3-8;11-8-3-1-7(2-4-8)9-5-6-10(14)13-12-9/h6-9H,10-11H2,1-5H3;2-5H,6-7H2,1H3;1-4H,5-6H2,(H,13,14). The van der Waals surface area contributed by atoms with Crippen molar-refractivity contribution in [3.05, 3.63) is 98.4 Å². The molecule has 0 aromatic heterocycles. The molecule has 0 saturated carbocycles. The monoisotopic (exact) mass is 832 g/mol. The van der Waals surface area contributed by atoms with Crippen LogP contribution in [0.2, 0.25) is 0 Å². The number of hydrogen-bond acceptors (Lipinski definition) is 8. The van der Waals surface area contributed by atoms with E-state index in [2.05, 4.69) is 52.6 Å². The van der Waals surface area contributed by atoms with Crippen molar-refractivity contribution in [1.29, 1.82) is 0 Å². The number of hydrazone groups is 3. The molecule has 272 valence electrons. The van der Waals surface area contributed by atoms with Gasteiger partial charge in [-0.25, -0.2) is 15.4 Å². The maximum absolute atomic E-state index is 11.5. The second-order valence-corrected chi connectivity index (χ2v) is 15.6. The van der Waals surface area contributed by atoms with Crippen LogP contribution in [0.15, 0.2) is 97.0 Å². The molecule has 14 heteroatoms. The summed E-state index contributed by atoms with van der Waals surface area (Å²) in [6, 6.07) is 23.9. The van der Waals surface area contributed by atoms with Crippen molar-refractivity contribution in [3.8, 4) is 0 Å². The van der Waals surface area contributed by atoms with Gasteiger partial charge in [-0.05, 0) is 74.1 Å². The Labute approximate surface area is 322 Å². The van der Waals surface area contributed by atoms with Crippen LogP contribution >= 0.6 is 31.9 Å². The molecule has 4 aliphatic heterocycles. The van der Waals surface area contributed by atoms with Crippen molar-refractivity contribution in [3.63, 3.8) is 0 Å². The first-order chi connectivity index (χ1) is 24.6. The zero-order chi connectivity index (χ0) is 37.6. The maximum Gasteiger partial charge on any atom is 0.494 e. The van der Waals surface area contributed by atoms with Gasteiger partial charge in [-0.1, -0.05) is 80.4 Å². The van der Waals surface area contributed by atoms with E-state index in [9.17, 15) is 14.4 Å². The SMILES string of the molecule is CN1N=C(c2ccc(B3OC(C)(C)C(C)(C)O3)cc2)CCC1=O.CN1N=C(c2ccc(Br)cc2)CCC1=O.O=C1CCC(c2ccc(Br)cc2)=NN1. The lowest BCUT2D eigenvalue weighted by Crippen LogP contribution is -2.41. The molecule has 7 rings (SSSR count). The Morgan fingerprint density at radius 2 is 0.981 bits per heavy atom. The summed E-state index contributed by atoms with van der Waals surface area (Å²) in [5.41, 5.74) is 8.83. The Morgan fingerprint density at radius 1 is 0.596 bits per heavy atom. The Hall–Kier alpha value is -3.98. The van der Waals surface area contributed by atoms with Crippen LogP contribution in [0.5, 0.6) is 0 Å². The first kappa shape index (κ1) is 39.2. The van der Waals surface area contributed by atoms with Gasteiger partial charge in [0.2, 0.25) is 17.7 Å². The fourth-order valence-electron chi connectivity index (χ4n) is 5.53. The summed E-state index contributed by atoms with van der Waals surface area (Å²) < 4.78 is 14.2. The molecule has 1 N–H and O–H groups in total. The van der Waals surface area contributed by atoms with E-state index in [0.29, 0.717) is 32.1 Å². The summed E-state index contributed by atoms with van der Waals surface area (Å²) in [7, 11) is 3.03. The average Bonchev–Trinajstić information content (AvgIpc) is 3.35. The van der Waals surface area contributed by atoms with Crippen LogP contribution < -0.4 is 10.9 Å². The van der Waals surface area contributed by atoms with E-state index in [1.54, 1.807) is 14.1 Å². The van der Waals surface area contributed by atoms with Crippen molar-refractivity contribution in [2.24, 2.45) is 15.3 Å². The van der Waals surface area contributed by atoms with Crippen molar-refractivity contribution in [2.75, 3.05) is 14.1 Å². The van der Waals surface area contributed by atoms with Gasteiger partial charge in [-0.15, -0.1) is 0 Å². The number of halogens is 2. The Balaban J connectivity index is 0.000000158. The van der Waals surface area contributed by atoms with Crippen molar-refractivity contribution in [2.45, 2.75) is 77.4 Å². The van der Waals surface area contributed by atoms with Gasteiger partial charge in [0.1, 0.15) is 0 Å². The first-order valence-electron chi connectivity index (χ1n) is 17.1. The number of nitrogens with one attached hydrogen (secondary N) is 1. The quantitative estimate of drug-likeness (QED) is 0.305. The lowest BCUT2D eigenvalue weighted by atomic mass is 9.78. The van der Waals surface area contributed by atoms with Gasteiger partial charge in [0, 0.05) is 61.6 Å². The van der Waals surface area contributed by atoms with Crippen LogP contribution in [0.3, 0.4) is 0 Å². The molecule has 0 atom stereocenters. The summed E-state index contributed by atoms with van der Waals surface area (Å²) in [6.07, 6.45) is 3.70. The molecule has 52 heavy (non-hydrogen) atoms. The van der Waals surface area contributed by atoms with Gasteiger partial charge in [0.15, 0.2) is 0 Å². The van der Waals surface area contributed by atoms with Crippen LogP contribution in [0.1, 0.15) is 82.9 Å². The van der Waals surface area contributed by atoms with Gasteiger partial charge in [0.05, 0.1) is 28.3 Å². The molecule has 3 aromatic rings. The third kappa shape index (κ3) is 9.91. The van der Waals surface area contributed by atoms with E-state index in [-0.39, 0.29) is 36.0 Å². The molecular formula is C38H43BBr2N6O5. The number of carbonyl (C=O) groups is 3. The molecule has 1 fully saturated rings. The van der Waals surface area contributed by atoms with Gasteiger partial charge in [0.25, 0.3) is 0 Å². The number of amides is 3. The smallest absolute Gasteiger partial charge is 0.399 e. The van der Waals surface area contributed by atoms with E-state index in [1.807, 2.05) is 100 Å². The number of hydrogen-bond donors (Lipinski definition) is 1. The highest BCUT2D eigenvalue weighted by Crippen LogP contribution is 2.36. The molecular weight excluding hydrogens is 791 g/mol. The van der Waals surface area contributed by atoms with Gasteiger partial charge in [-0.2, -0.15) is 15.3 Å². The van der Waals surface area contributed by atoms with Crippen molar-refractivity contribution < 1.29 is 23.7 Å². The molecule has 0 unspecified atom stereocenters. The Bertz CT molecular complexity index is 1860. The minimum atomic E-state index is -0.355. The highest BCUT2D eigenvalue weighted by Gasteiger charge is 2.51. The van der Waals surface area contributed by atoms with Gasteiger partial charge in [-0.3, -0.25) is 14.4 Å². The summed E-state index contributed by atoms with van der Waals surface area (Å²) in [5, 5.41) is 15.4. The van der Waals surface area contributed by atoms with Crippen LogP contribution in [-0.4, -0.2) is 77.3 Å². The fraction of sp³-hybridized carbons (Fsp3) is 0.368. The molecule has 0 bridgehead atoms. The minimum absolute atomic E-state index is 0.00846. The van der Waals surface area contributed by atoms with Crippen LogP contribution in [0, 0.1) is 0 Å². The predicted molar refractivity (Wildman–Crippen MR) is 211 cm³/mol. The summed E-state index contributed by atoms with van der Waals surface area (Å²) in [6.45, 7) is 8.19. The molecule has 1 saturated heterocycles. The highest BCUT2D eigenvalue weighted by molar-refractivity contribution is 9.10. The number of benzene rings is 3. The number of rotatable bonds is 4. The van der Waals surface area contributed by atoms with Crippen molar-refractivity contribution >= 4 is 79.3 Å². The zero-order valence-electron chi connectivity index (χ0n) is 30.3. The zero-order valence-corrected chi connectivity index (χ0v) is 33.5. The molecule has 4 heterocycles. The number of nitrogens with zero attached hydrogens (tertiary/aromatic N) is 5. The van der Waals surface area contributed by atoms with Gasteiger partial charge < -0.3 is 9.31 Å². The second-order valence-electron chi connectivity index (χ2n) is 13.7. The minimum Gasteiger partial charge on any atom is -0.399 e. The largest absolute Gasteiger partial charge is 0.494 e. The van der Waals surface area contributed by atoms with E-state index in [4.69, 9.17) is 9.31 Å².